The van der Waals surface area contributed by atoms with Crippen molar-refractivity contribution in [1.29, 1.82) is 0 Å². The molecule has 7 nitrogen and oxygen atoms in total. The van der Waals surface area contributed by atoms with Crippen LogP contribution in [0, 0.1) is 5.92 Å². The normalized spacial score (nSPS) is 23.2. The Morgan fingerprint density at radius 3 is 2.61 bits per heavy atom. The number of pyridine rings is 2. The van der Waals surface area contributed by atoms with Gasteiger partial charge in [-0.1, -0.05) is 0 Å². The number of hydrogen-bond acceptors (Lipinski definition) is 6. The van der Waals surface area contributed by atoms with Gasteiger partial charge >= 0.3 is 0 Å². The van der Waals surface area contributed by atoms with Gasteiger partial charge in [-0.25, -0.2) is 4.98 Å². The number of carbonyl (C=O) groups is 1. The van der Waals surface area contributed by atoms with Crippen LogP contribution in [-0.2, 0) is 6.42 Å². The fraction of sp³-hybridized carbons (Fsp3) is 0.476. The molecule has 4 heterocycles. The Morgan fingerprint density at radius 2 is 1.86 bits per heavy atom. The number of amides is 1. The Hall–Kier alpha value is -2.51. The topological polar surface area (TPSA) is 72.8 Å². The number of piperazine rings is 1. The van der Waals surface area contributed by atoms with Gasteiger partial charge in [0.05, 0.1) is 6.10 Å². The van der Waals surface area contributed by atoms with E-state index >= 15 is 0 Å². The van der Waals surface area contributed by atoms with E-state index in [1.165, 1.54) is 5.56 Å². The number of likely N-dealkylation sites (N-methyl/N-ethyl adjacent to an activating group) is 1. The van der Waals surface area contributed by atoms with Gasteiger partial charge in [0.2, 0.25) is 0 Å². The van der Waals surface area contributed by atoms with E-state index in [-0.39, 0.29) is 11.8 Å². The molecule has 2 aliphatic rings. The molecular formula is C21H27N5O2. The largest absolute Gasteiger partial charge is 0.391 e. The van der Waals surface area contributed by atoms with Gasteiger partial charge < -0.3 is 19.8 Å². The highest BCUT2D eigenvalue weighted by atomic mass is 16.3. The van der Waals surface area contributed by atoms with Crippen LogP contribution in [0.1, 0.15) is 15.9 Å². The van der Waals surface area contributed by atoms with Gasteiger partial charge in [0, 0.05) is 69.3 Å². The van der Waals surface area contributed by atoms with Crippen molar-refractivity contribution in [2.45, 2.75) is 12.5 Å². The van der Waals surface area contributed by atoms with Crippen molar-refractivity contribution in [3.05, 3.63) is 54.0 Å². The molecule has 0 aromatic carbocycles. The Balaban J connectivity index is 1.43. The summed E-state index contributed by atoms with van der Waals surface area (Å²) in [5.74, 6) is 0.960. The lowest BCUT2D eigenvalue weighted by Gasteiger charge is -2.32. The second-order valence-corrected chi connectivity index (χ2v) is 7.79. The molecule has 0 radical (unpaired) electrons. The number of aromatic nitrogens is 2. The minimum atomic E-state index is -0.410. The maximum absolute atomic E-state index is 12.8. The summed E-state index contributed by atoms with van der Waals surface area (Å²) in [4.78, 5) is 27.6. The molecule has 0 unspecified atom stereocenters. The number of nitrogens with zero attached hydrogens (tertiary/aromatic N) is 5. The third-order valence-electron chi connectivity index (χ3n) is 5.76. The lowest BCUT2D eigenvalue weighted by atomic mass is 9.97. The monoisotopic (exact) mass is 381 g/mol. The van der Waals surface area contributed by atoms with Crippen LogP contribution in [0.15, 0.2) is 42.9 Å². The summed E-state index contributed by atoms with van der Waals surface area (Å²) < 4.78 is 0. The van der Waals surface area contributed by atoms with E-state index in [1.807, 2.05) is 23.1 Å². The van der Waals surface area contributed by atoms with E-state index < -0.39 is 6.10 Å². The van der Waals surface area contributed by atoms with E-state index in [1.54, 1.807) is 24.7 Å². The number of rotatable bonds is 4. The Kier molecular flexibility index (Phi) is 5.54. The molecule has 4 rings (SSSR count). The highest BCUT2D eigenvalue weighted by molar-refractivity contribution is 5.95. The summed E-state index contributed by atoms with van der Waals surface area (Å²) in [5, 5.41) is 10.5. The maximum Gasteiger partial charge on any atom is 0.254 e. The number of hydrogen-bond donors (Lipinski definition) is 1. The van der Waals surface area contributed by atoms with Crippen LogP contribution in [0.2, 0.25) is 0 Å². The van der Waals surface area contributed by atoms with Crippen molar-refractivity contribution in [3.63, 3.8) is 0 Å². The van der Waals surface area contributed by atoms with E-state index in [2.05, 4.69) is 26.8 Å². The van der Waals surface area contributed by atoms with Crippen molar-refractivity contribution >= 4 is 11.7 Å². The average molecular weight is 381 g/mol. The molecule has 2 aliphatic heterocycles. The molecule has 2 atom stereocenters. The third-order valence-corrected chi connectivity index (χ3v) is 5.76. The summed E-state index contributed by atoms with van der Waals surface area (Å²) in [7, 11) is 2.08. The minimum absolute atomic E-state index is 0.0600. The van der Waals surface area contributed by atoms with Gasteiger partial charge in [0.1, 0.15) is 5.82 Å². The van der Waals surface area contributed by atoms with Gasteiger partial charge in [-0.15, -0.1) is 0 Å². The zero-order chi connectivity index (χ0) is 19.5. The summed E-state index contributed by atoms with van der Waals surface area (Å²) in [6, 6.07) is 7.62. The molecule has 2 aromatic rings. The molecule has 1 N–H and O–H groups in total. The van der Waals surface area contributed by atoms with E-state index in [4.69, 9.17) is 0 Å². The molecule has 28 heavy (non-hydrogen) atoms. The summed E-state index contributed by atoms with van der Waals surface area (Å²) in [6.07, 6.45) is 5.65. The van der Waals surface area contributed by atoms with Gasteiger partial charge in [-0.05, 0) is 43.3 Å². The first-order valence-electron chi connectivity index (χ1n) is 9.86. The van der Waals surface area contributed by atoms with Gasteiger partial charge in [-0.3, -0.25) is 9.78 Å². The zero-order valence-electron chi connectivity index (χ0n) is 16.2. The number of aliphatic hydroxyl groups excluding tert-OH is 1. The Morgan fingerprint density at radius 1 is 1.11 bits per heavy atom. The number of carbonyl (C=O) groups excluding carboxylic acids is 1. The molecule has 2 aromatic heterocycles. The van der Waals surface area contributed by atoms with Crippen LogP contribution in [0.25, 0.3) is 0 Å². The molecule has 0 bridgehead atoms. The molecule has 0 aliphatic carbocycles. The van der Waals surface area contributed by atoms with Crippen LogP contribution in [-0.4, -0.2) is 83.2 Å². The molecule has 148 valence electrons. The standard InChI is InChI=1S/C21H27N5O2/c1-24-8-10-25(11-9-24)21(28)17-4-7-23-20(13-17)26-14-18(19(27)15-26)12-16-2-5-22-6-3-16/h2-7,13,18-19,27H,8-12,14-15H2,1H3/t18-,19+/m1/s1. The van der Waals surface area contributed by atoms with Crippen molar-refractivity contribution in [1.82, 2.24) is 19.8 Å². The van der Waals surface area contributed by atoms with Crippen molar-refractivity contribution in [2.75, 3.05) is 51.2 Å². The van der Waals surface area contributed by atoms with E-state index in [0.29, 0.717) is 12.1 Å². The number of anilines is 1. The van der Waals surface area contributed by atoms with Crippen LogP contribution in [0.3, 0.4) is 0 Å². The maximum atomic E-state index is 12.8. The molecule has 2 fully saturated rings. The van der Waals surface area contributed by atoms with Gasteiger partial charge in [0.25, 0.3) is 5.91 Å². The molecule has 0 saturated carbocycles. The number of β-amino-alcohol motifs (C(OH)–C–C–N with tert-alkyl or cyclic N) is 1. The fourth-order valence-electron chi connectivity index (χ4n) is 3.98. The summed E-state index contributed by atoms with van der Waals surface area (Å²) >= 11 is 0. The second-order valence-electron chi connectivity index (χ2n) is 7.79. The van der Waals surface area contributed by atoms with Crippen molar-refractivity contribution in [3.8, 4) is 0 Å². The summed E-state index contributed by atoms with van der Waals surface area (Å²) in [6.45, 7) is 4.57. The Bertz CT molecular complexity index is 807. The lowest BCUT2D eigenvalue weighted by Crippen LogP contribution is -2.47. The first kappa shape index (κ1) is 18.8. The first-order valence-corrected chi connectivity index (χ1v) is 9.86. The van der Waals surface area contributed by atoms with Crippen LogP contribution < -0.4 is 4.90 Å². The molecule has 7 heteroatoms. The van der Waals surface area contributed by atoms with Crippen LogP contribution >= 0.6 is 0 Å². The molecule has 0 spiro atoms. The smallest absolute Gasteiger partial charge is 0.254 e. The fourth-order valence-corrected chi connectivity index (χ4v) is 3.98. The molecule has 1 amide bonds. The predicted molar refractivity (Wildman–Crippen MR) is 107 cm³/mol. The zero-order valence-corrected chi connectivity index (χ0v) is 16.2. The van der Waals surface area contributed by atoms with E-state index in [0.717, 1.165) is 45.0 Å². The first-order chi connectivity index (χ1) is 13.6. The highest BCUT2D eigenvalue weighted by Crippen LogP contribution is 2.26. The van der Waals surface area contributed by atoms with Crippen molar-refractivity contribution in [2.24, 2.45) is 5.92 Å². The highest BCUT2D eigenvalue weighted by Gasteiger charge is 2.32. The second kappa shape index (κ2) is 8.24. The quantitative estimate of drug-likeness (QED) is 0.849. The average Bonchev–Trinajstić information content (AvgIpc) is 3.09. The predicted octanol–water partition coefficient (Wildman–Crippen LogP) is 0.904. The number of aliphatic hydroxyl groups is 1. The molecule has 2 saturated heterocycles. The summed E-state index contributed by atoms with van der Waals surface area (Å²) in [5.41, 5.74) is 1.84. The van der Waals surface area contributed by atoms with Crippen LogP contribution in [0.5, 0.6) is 0 Å². The minimum Gasteiger partial charge on any atom is -0.391 e. The molecular weight excluding hydrogens is 354 g/mol. The van der Waals surface area contributed by atoms with Crippen LogP contribution in [0.4, 0.5) is 5.82 Å². The van der Waals surface area contributed by atoms with Gasteiger partial charge in [-0.2, -0.15) is 0 Å². The lowest BCUT2D eigenvalue weighted by molar-refractivity contribution is 0.0664. The Labute approximate surface area is 165 Å². The SMILES string of the molecule is CN1CCN(C(=O)c2ccnc(N3C[C@@H](Cc4ccncc4)[C@@H](O)C3)c2)CC1. The third kappa shape index (κ3) is 4.15. The van der Waals surface area contributed by atoms with Crippen molar-refractivity contribution < 1.29 is 9.90 Å². The van der Waals surface area contributed by atoms with E-state index in [9.17, 15) is 9.90 Å². The van der Waals surface area contributed by atoms with Gasteiger partial charge in [0.15, 0.2) is 0 Å².